The molecule has 7 heteroatoms. The van der Waals surface area contributed by atoms with Gasteiger partial charge in [-0.15, -0.1) is 0 Å². The number of piperidine rings is 2. The summed E-state index contributed by atoms with van der Waals surface area (Å²) in [6.07, 6.45) is 5.47. The highest BCUT2D eigenvalue weighted by molar-refractivity contribution is 8.23. The van der Waals surface area contributed by atoms with Crippen LogP contribution in [-0.2, 0) is 14.3 Å². The third-order valence-electron chi connectivity index (χ3n) is 5.19. The Hall–Kier alpha value is -0.820. The molecule has 0 bridgehead atoms. The molecule has 2 aliphatic heterocycles. The number of esters is 1. The van der Waals surface area contributed by atoms with E-state index in [4.69, 9.17) is 17.0 Å². The lowest BCUT2D eigenvalue weighted by Crippen LogP contribution is -2.49. The number of amides is 1. The van der Waals surface area contributed by atoms with Gasteiger partial charge in [-0.2, -0.15) is 0 Å². The van der Waals surface area contributed by atoms with Crippen LogP contribution in [0.3, 0.4) is 0 Å². The molecule has 2 heterocycles. The van der Waals surface area contributed by atoms with E-state index >= 15 is 0 Å². The summed E-state index contributed by atoms with van der Waals surface area (Å²) in [5.41, 5.74) is 0. The van der Waals surface area contributed by atoms with Gasteiger partial charge in [-0.25, -0.2) is 0 Å². The van der Waals surface area contributed by atoms with Crippen LogP contribution in [0.2, 0.25) is 0 Å². The van der Waals surface area contributed by atoms with E-state index in [1.165, 1.54) is 11.8 Å². The van der Waals surface area contributed by atoms with Crippen molar-refractivity contribution in [2.45, 2.75) is 65.0 Å². The maximum absolute atomic E-state index is 12.3. The van der Waals surface area contributed by atoms with Crippen LogP contribution in [0.4, 0.5) is 0 Å². The zero-order valence-corrected chi connectivity index (χ0v) is 17.2. The van der Waals surface area contributed by atoms with E-state index in [-0.39, 0.29) is 36.3 Å². The Morgan fingerprint density at radius 2 is 1.68 bits per heavy atom. The van der Waals surface area contributed by atoms with E-state index < -0.39 is 0 Å². The van der Waals surface area contributed by atoms with Gasteiger partial charge in [-0.05, 0) is 51.9 Å². The van der Waals surface area contributed by atoms with Gasteiger partial charge in [0.15, 0.2) is 6.61 Å². The molecule has 2 unspecified atom stereocenters. The van der Waals surface area contributed by atoms with Crippen molar-refractivity contribution in [1.29, 1.82) is 0 Å². The van der Waals surface area contributed by atoms with Crippen LogP contribution in [0.15, 0.2) is 0 Å². The van der Waals surface area contributed by atoms with Crippen LogP contribution >= 0.6 is 24.0 Å². The summed E-state index contributed by atoms with van der Waals surface area (Å²) in [5.74, 6) is 0.456. The summed E-state index contributed by atoms with van der Waals surface area (Å²) in [7, 11) is 0. The Morgan fingerprint density at radius 3 is 2.28 bits per heavy atom. The average molecular weight is 387 g/mol. The SMILES string of the molecule is CC1CCN(C(=S)SCC(=O)OCC(=O)N2C(C)CCCC2C)CC1. The third kappa shape index (κ3) is 6.13. The third-order valence-corrected chi connectivity index (χ3v) is 6.69. The first-order valence-corrected chi connectivity index (χ1v) is 10.7. The molecule has 2 rings (SSSR count). The first-order valence-electron chi connectivity index (χ1n) is 9.27. The van der Waals surface area contributed by atoms with E-state index in [2.05, 4.69) is 25.7 Å². The van der Waals surface area contributed by atoms with Crippen molar-refractivity contribution in [2.24, 2.45) is 5.92 Å². The maximum atomic E-state index is 12.3. The van der Waals surface area contributed by atoms with Gasteiger partial charge in [0.25, 0.3) is 5.91 Å². The Labute approximate surface area is 160 Å². The number of rotatable bonds is 4. The van der Waals surface area contributed by atoms with Gasteiger partial charge in [-0.1, -0.05) is 30.9 Å². The second-order valence-corrected chi connectivity index (χ2v) is 8.92. The highest BCUT2D eigenvalue weighted by atomic mass is 32.2. The molecule has 1 amide bonds. The predicted octanol–water partition coefficient (Wildman–Crippen LogP) is 3.07. The molecule has 0 aromatic carbocycles. The number of thioether (sulfide) groups is 1. The van der Waals surface area contributed by atoms with Crippen LogP contribution in [0.5, 0.6) is 0 Å². The molecule has 0 aliphatic carbocycles. The van der Waals surface area contributed by atoms with Crippen LogP contribution in [0.25, 0.3) is 0 Å². The van der Waals surface area contributed by atoms with Gasteiger partial charge in [-0.3, -0.25) is 9.59 Å². The number of carbonyl (C=O) groups excluding carboxylic acids is 2. The number of thiocarbonyl (C=S) groups is 1. The van der Waals surface area contributed by atoms with Gasteiger partial charge >= 0.3 is 5.97 Å². The van der Waals surface area contributed by atoms with Crippen molar-refractivity contribution < 1.29 is 14.3 Å². The minimum Gasteiger partial charge on any atom is -0.455 e. The number of hydrogen-bond acceptors (Lipinski definition) is 5. The smallest absolute Gasteiger partial charge is 0.316 e. The first-order chi connectivity index (χ1) is 11.9. The molecule has 2 atom stereocenters. The Morgan fingerprint density at radius 1 is 1.08 bits per heavy atom. The second-order valence-electron chi connectivity index (χ2n) is 7.31. The molecule has 5 nitrogen and oxygen atoms in total. The molecule has 0 saturated carbocycles. The quantitative estimate of drug-likeness (QED) is 0.547. The second kappa shape index (κ2) is 9.76. The zero-order chi connectivity index (χ0) is 18.4. The summed E-state index contributed by atoms with van der Waals surface area (Å²) in [5, 5.41) is 0. The fraction of sp³-hybridized carbons (Fsp3) is 0.833. The van der Waals surface area contributed by atoms with E-state index in [1.807, 2.05) is 4.90 Å². The molecular formula is C18H30N2O3S2. The maximum Gasteiger partial charge on any atom is 0.316 e. The molecule has 2 fully saturated rings. The van der Waals surface area contributed by atoms with E-state index in [1.54, 1.807) is 0 Å². The first kappa shape index (κ1) is 20.5. The van der Waals surface area contributed by atoms with Crippen molar-refractivity contribution in [1.82, 2.24) is 9.80 Å². The number of carbonyl (C=O) groups is 2. The van der Waals surface area contributed by atoms with E-state index in [0.717, 1.165) is 55.4 Å². The van der Waals surface area contributed by atoms with Crippen molar-refractivity contribution in [3.8, 4) is 0 Å². The summed E-state index contributed by atoms with van der Waals surface area (Å²) >= 11 is 6.74. The van der Waals surface area contributed by atoms with Gasteiger partial charge in [0.05, 0.1) is 5.75 Å². The van der Waals surface area contributed by atoms with Crippen molar-refractivity contribution in [2.75, 3.05) is 25.4 Å². The van der Waals surface area contributed by atoms with E-state index in [9.17, 15) is 9.59 Å². The summed E-state index contributed by atoms with van der Waals surface area (Å²) < 4.78 is 5.94. The van der Waals surface area contributed by atoms with Crippen LogP contribution in [0, 0.1) is 5.92 Å². The standard InChI is InChI=1S/C18H30N2O3S2/c1-13-7-9-19(10-8-13)18(24)25-12-17(22)23-11-16(21)20-14(2)5-4-6-15(20)3/h13-15H,4-12H2,1-3H3. The van der Waals surface area contributed by atoms with Crippen molar-refractivity contribution in [3.05, 3.63) is 0 Å². The fourth-order valence-electron chi connectivity index (χ4n) is 3.57. The molecular weight excluding hydrogens is 356 g/mol. The van der Waals surface area contributed by atoms with Gasteiger partial charge in [0.1, 0.15) is 4.32 Å². The predicted molar refractivity (Wildman–Crippen MR) is 106 cm³/mol. The topological polar surface area (TPSA) is 49.9 Å². The summed E-state index contributed by atoms with van der Waals surface area (Å²) in [4.78, 5) is 28.3. The molecule has 0 N–H and O–H groups in total. The number of ether oxygens (including phenoxy) is 1. The summed E-state index contributed by atoms with van der Waals surface area (Å²) in [6, 6.07) is 0.441. The largest absolute Gasteiger partial charge is 0.455 e. The molecule has 0 aromatic rings. The monoisotopic (exact) mass is 386 g/mol. The fourth-order valence-corrected chi connectivity index (χ4v) is 4.62. The Balaban J connectivity index is 1.68. The lowest BCUT2D eigenvalue weighted by molar-refractivity contribution is -0.153. The summed E-state index contributed by atoms with van der Waals surface area (Å²) in [6.45, 7) is 8.14. The highest BCUT2D eigenvalue weighted by Gasteiger charge is 2.29. The van der Waals surface area contributed by atoms with E-state index in [0.29, 0.717) is 0 Å². The minimum atomic E-state index is -0.372. The lowest BCUT2D eigenvalue weighted by Gasteiger charge is -2.38. The highest BCUT2D eigenvalue weighted by Crippen LogP contribution is 2.23. The van der Waals surface area contributed by atoms with Gasteiger partial charge in [0.2, 0.25) is 0 Å². The zero-order valence-electron chi connectivity index (χ0n) is 15.5. The number of nitrogens with zero attached hydrogens (tertiary/aromatic N) is 2. The molecule has 0 aromatic heterocycles. The molecule has 2 saturated heterocycles. The van der Waals surface area contributed by atoms with Crippen molar-refractivity contribution in [3.63, 3.8) is 0 Å². The van der Waals surface area contributed by atoms with Crippen molar-refractivity contribution >= 4 is 40.2 Å². The average Bonchev–Trinajstić information content (AvgIpc) is 2.58. The number of hydrogen-bond donors (Lipinski definition) is 0. The lowest BCUT2D eigenvalue weighted by atomic mass is 9.97. The molecule has 2 aliphatic rings. The Kier molecular flexibility index (Phi) is 8.00. The minimum absolute atomic E-state index is 0.0920. The van der Waals surface area contributed by atoms with Gasteiger partial charge < -0.3 is 14.5 Å². The Bertz CT molecular complexity index is 483. The van der Waals surface area contributed by atoms with Crippen LogP contribution in [-0.4, -0.2) is 63.5 Å². The molecule has 0 spiro atoms. The van der Waals surface area contributed by atoms with Gasteiger partial charge in [0, 0.05) is 25.2 Å². The molecule has 25 heavy (non-hydrogen) atoms. The van der Waals surface area contributed by atoms with Crippen LogP contribution in [0.1, 0.15) is 52.9 Å². The molecule has 0 radical (unpaired) electrons. The molecule has 142 valence electrons. The van der Waals surface area contributed by atoms with Crippen LogP contribution < -0.4 is 0 Å². The normalized spacial score (nSPS) is 24.9. The number of likely N-dealkylation sites (tertiary alicyclic amines) is 2.